The highest BCUT2D eigenvalue weighted by atomic mass is 15.3. The lowest BCUT2D eigenvalue weighted by atomic mass is 9.97. The van der Waals surface area contributed by atoms with Crippen molar-refractivity contribution in [3.8, 4) is 11.3 Å². The van der Waals surface area contributed by atoms with E-state index in [2.05, 4.69) is 61.4 Å². The highest BCUT2D eigenvalue weighted by molar-refractivity contribution is 5.87. The lowest BCUT2D eigenvalue weighted by molar-refractivity contribution is 0.648. The van der Waals surface area contributed by atoms with Gasteiger partial charge in [-0.15, -0.1) is 0 Å². The van der Waals surface area contributed by atoms with E-state index < -0.39 is 0 Å². The number of rotatable bonds is 3. The molecule has 0 aliphatic carbocycles. The molecular formula is C18H21N3. The van der Waals surface area contributed by atoms with Crippen molar-refractivity contribution in [2.45, 2.75) is 20.3 Å². The summed E-state index contributed by atoms with van der Waals surface area (Å²) < 4.78 is 1.78. The highest BCUT2D eigenvalue weighted by Crippen LogP contribution is 2.30. The van der Waals surface area contributed by atoms with E-state index in [1.54, 1.807) is 4.68 Å². The summed E-state index contributed by atoms with van der Waals surface area (Å²) in [6.07, 6.45) is 0.946. The van der Waals surface area contributed by atoms with Gasteiger partial charge in [-0.2, -0.15) is 5.10 Å². The minimum absolute atomic E-state index is 0.552. The SMILES string of the molecule is CC(C)Cc1c(-c2ccc3ccccc3c2)nn(C)c1N. The highest BCUT2D eigenvalue weighted by Gasteiger charge is 2.16. The van der Waals surface area contributed by atoms with E-state index in [0.717, 1.165) is 29.1 Å². The first-order valence-corrected chi connectivity index (χ1v) is 7.36. The Bertz CT molecular complexity index is 784. The molecule has 2 aromatic carbocycles. The molecule has 0 spiro atoms. The number of fused-ring (bicyclic) bond motifs is 1. The maximum Gasteiger partial charge on any atom is 0.125 e. The summed E-state index contributed by atoms with van der Waals surface area (Å²) >= 11 is 0. The molecule has 0 bridgehead atoms. The summed E-state index contributed by atoms with van der Waals surface area (Å²) in [7, 11) is 1.91. The third-order valence-corrected chi connectivity index (χ3v) is 3.83. The van der Waals surface area contributed by atoms with Crippen LogP contribution in [0.4, 0.5) is 5.82 Å². The number of aryl methyl sites for hydroxylation is 1. The van der Waals surface area contributed by atoms with E-state index in [1.165, 1.54) is 10.8 Å². The lowest BCUT2D eigenvalue weighted by Crippen LogP contribution is -2.02. The molecule has 3 heteroatoms. The Morgan fingerprint density at radius 1 is 1.10 bits per heavy atom. The molecule has 0 aliphatic rings. The van der Waals surface area contributed by atoms with E-state index in [9.17, 15) is 0 Å². The van der Waals surface area contributed by atoms with Gasteiger partial charge in [0.2, 0.25) is 0 Å². The third-order valence-electron chi connectivity index (χ3n) is 3.83. The molecule has 0 unspecified atom stereocenters. The molecule has 3 nitrogen and oxygen atoms in total. The number of nitrogens with zero attached hydrogens (tertiary/aromatic N) is 2. The maximum absolute atomic E-state index is 6.20. The summed E-state index contributed by atoms with van der Waals surface area (Å²) in [6, 6.07) is 14.9. The minimum atomic E-state index is 0.552. The average molecular weight is 279 g/mol. The molecule has 108 valence electrons. The Labute approximate surface area is 125 Å². The first-order valence-electron chi connectivity index (χ1n) is 7.36. The van der Waals surface area contributed by atoms with Crippen LogP contribution in [-0.2, 0) is 13.5 Å². The van der Waals surface area contributed by atoms with Crippen LogP contribution in [0.25, 0.3) is 22.0 Å². The van der Waals surface area contributed by atoms with Crippen LogP contribution < -0.4 is 5.73 Å². The van der Waals surface area contributed by atoms with Gasteiger partial charge in [-0.3, -0.25) is 4.68 Å². The molecule has 0 saturated heterocycles. The number of aromatic nitrogens is 2. The van der Waals surface area contributed by atoms with Gasteiger partial charge in [-0.05, 0) is 29.2 Å². The molecule has 0 fully saturated rings. The van der Waals surface area contributed by atoms with Gasteiger partial charge in [-0.1, -0.05) is 50.2 Å². The lowest BCUT2D eigenvalue weighted by Gasteiger charge is -2.07. The van der Waals surface area contributed by atoms with Gasteiger partial charge in [0.05, 0.1) is 5.69 Å². The fourth-order valence-corrected chi connectivity index (χ4v) is 2.76. The van der Waals surface area contributed by atoms with Crippen molar-refractivity contribution < 1.29 is 0 Å². The Hall–Kier alpha value is -2.29. The summed E-state index contributed by atoms with van der Waals surface area (Å²) in [5, 5.41) is 7.11. The Balaban J connectivity index is 2.15. The largest absolute Gasteiger partial charge is 0.384 e. The first-order chi connectivity index (χ1) is 10.1. The quantitative estimate of drug-likeness (QED) is 0.787. The second-order valence-corrected chi connectivity index (χ2v) is 6.00. The van der Waals surface area contributed by atoms with Crippen molar-refractivity contribution in [3.63, 3.8) is 0 Å². The van der Waals surface area contributed by atoms with Gasteiger partial charge in [-0.25, -0.2) is 0 Å². The molecule has 1 heterocycles. The van der Waals surface area contributed by atoms with Crippen molar-refractivity contribution in [3.05, 3.63) is 48.0 Å². The summed E-state index contributed by atoms with van der Waals surface area (Å²) in [5.74, 6) is 1.32. The number of anilines is 1. The number of nitrogens with two attached hydrogens (primary N) is 1. The zero-order chi connectivity index (χ0) is 15.0. The zero-order valence-corrected chi connectivity index (χ0v) is 12.8. The molecule has 0 radical (unpaired) electrons. The fourth-order valence-electron chi connectivity index (χ4n) is 2.76. The molecule has 3 aromatic rings. The van der Waals surface area contributed by atoms with Crippen molar-refractivity contribution >= 4 is 16.6 Å². The van der Waals surface area contributed by atoms with E-state index in [-0.39, 0.29) is 0 Å². The van der Waals surface area contributed by atoms with Crippen LogP contribution in [0, 0.1) is 5.92 Å². The van der Waals surface area contributed by atoms with Crippen LogP contribution in [0.5, 0.6) is 0 Å². The molecule has 0 saturated carbocycles. The molecule has 0 atom stereocenters. The van der Waals surface area contributed by atoms with Crippen molar-refractivity contribution in [1.82, 2.24) is 9.78 Å². The van der Waals surface area contributed by atoms with Crippen molar-refractivity contribution in [2.75, 3.05) is 5.73 Å². The average Bonchev–Trinajstić information content (AvgIpc) is 2.74. The molecule has 1 aromatic heterocycles. The van der Waals surface area contributed by atoms with E-state index in [4.69, 9.17) is 5.73 Å². The van der Waals surface area contributed by atoms with E-state index >= 15 is 0 Å². The normalized spacial score (nSPS) is 11.4. The Morgan fingerprint density at radius 3 is 2.52 bits per heavy atom. The smallest absolute Gasteiger partial charge is 0.125 e. The predicted octanol–water partition coefficient (Wildman–Crippen LogP) is 4.02. The van der Waals surface area contributed by atoms with Crippen LogP contribution in [0.1, 0.15) is 19.4 Å². The van der Waals surface area contributed by atoms with Gasteiger partial charge >= 0.3 is 0 Å². The molecular weight excluding hydrogens is 258 g/mol. The Kier molecular flexibility index (Phi) is 3.42. The molecule has 0 aliphatic heterocycles. The number of hydrogen-bond acceptors (Lipinski definition) is 2. The molecule has 2 N–H and O–H groups in total. The van der Waals surface area contributed by atoms with E-state index in [1.807, 2.05) is 7.05 Å². The van der Waals surface area contributed by atoms with Gasteiger partial charge in [0.15, 0.2) is 0 Å². The predicted molar refractivity (Wildman–Crippen MR) is 89.1 cm³/mol. The van der Waals surface area contributed by atoms with Crippen LogP contribution in [-0.4, -0.2) is 9.78 Å². The van der Waals surface area contributed by atoms with Crippen LogP contribution in [0.2, 0.25) is 0 Å². The zero-order valence-electron chi connectivity index (χ0n) is 12.8. The number of benzene rings is 2. The standard InChI is InChI=1S/C18H21N3/c1-12(2)10-16-17(20-21(3)18(16)19)15-9-8-13-6-4-5-7-14(13)11-15/h4-9,11-12H,10,19H2,1-3H3. The van der Waals surface area contributed by atoms with Crippen molar-refractivity contribution in [2.24, 2.45) is 13.0 Å². The van der Waals surface area contributed by atoms with E-state index in [0.29, 0.717) is 5.92 Å². The second-order valence-electron chi connectivity index (χ2n) is 6.00. The van der Waals surface area contributed by atoms with Gasteiger partial charge in [0.1, 0.15) is 5.82 Å². The van der Waals surface area contributed by atoms with Gasteiger partial charge < -0.3 is 5.73 Å². The summed E-state index contributed by atoms with van der Waals surface area (Å²) in [5.41, 5.74) is 9.50. The molecule has 3 rings (SSSR count). The second kappa shape index (κ2) is 5.24. The summed E-state index contributed by atoms with van der Waals surface area (Å²) in [6.45, 7) is 4.41. The minimum Gasteiger partial charge on any atom is -0.384 e. The number of nitrogen functional groups attached to an aromatic ring is 1. The monoisotopic (exact) mass is 279 g/mol. The van der Waals surface area contributed by atoms with Crippen LogP contribution in [0.3, 0.4) is 0 Å². The van der Waals surface area contributed by atoms with Gasteiger partial charge in [0, 0.05) is 18.2 Å². The van der Waals surface area contributed by atoms with Crippen LogP contribution >= 0.6 is 0 Å². The third kappa shape index (κ3) is 2.51. The number of hydrogen-bond donors (Lipinski definition) is 1. The first kappa shape index (κ1) is 13.7. The fraction of sp³-hybridized carbons (Fsp3) is 0.278. The van der Waals surface area contributed by atoms with Gasteiger partial charge in [0.25, 0.3) is 0 Å². The topological polar surface area (TPSA) is 43.8 Å². The Morgan fingerprint density at radius 2 is 1.81 bits per heavy atom. The molecule has 0 amide bonds. The summed E-state index contributed by atoms with van der Waals surface area (Å²) in [4.78, 5) is 0. The van der Waals surface area contributed by atoms with Crippen molar-refractivity contribution in [1.29, 1.82) is 0 Å². The van der Waals surface area contributed by atoms with Crippen LogP contribution in [0.15, 0.2) is 42.5 Å². The molecule has 21 heavy (non-hydrogen) atoms. The maximum atomic E-state index is 6.20.